The maximum atomic E-state index is 11.7. The molecule has 126 valence electrons. The minimum atomic E-state index is -3.08. The number of nitrogens with two attached hydrogens (primary N) is 1. The van der Waals surface area contributed by atoms with Crippen LogP contribution in [0.2, 0.25) is 0 Å². The lowest BCUT2D eigenvalue weighted by molar-refractivity contribution is 0.0874. The molecule has 0 saturated carbocycles. The lowest BCUT2D eigenvalue weighted by atomic mass is 9.78. The van der Waals surface area contributed by atoms with Gasteiger partial charge in [0.2, 0.25) is 10.0 Å². The highest BCUT2D eigenvalue weighted by molar-refractivity contribution is 7.88. The predicted octanol–water partition coefficient (Wildman–Crippen LogP) is 1.50. The van der Waals surface area contributed by atoms with Gasteiger partial charge >= 0.3 is 0 Å². The summed E-state index contributed by atoms with van der Waals surface area (Å²) >= 11 is 0. The van der Waals surface area contributed by atoms with Crippen LogP contribution >= 0.6 is 0 Å². The van der Waals surface area contributed by atoms with Crippen molar-refractivity contribution >= 4 is 10.0 Å². The van der Waals surface area contributed by atoms with E-state index < -0.39 is 10.0 Å². The number of sulfonamides is 1. The molecule has 21 heavy (non-hydrogen) atoms. The second-order valence-corrected chi connectivity index (χ2v) is 8.66. The summed E-state index contributed by atoms with van der Waals surface area (Å²) in [4.78, 5) is 2.24. The summed E-state index contributed by atoms with van der Waals surface area (Å²) in [5, 5.41) is 0. The van der Waals surface area contributed by atoms with E-state index in [1.54, 1.807) is 4.31 Å². The van der Waals surface area contributed by atoms with Gasteiger partial charge in [0.15, 0.2) is 0 Å². The van der Waals surface area contributed by atoms with Crippen LogP contribution in [0.25, 0.3) is 0 Å². The first-order chi connectivity index (χ1) is 9.67. The van der Waals surface area contributed by atoms with Crippen LogP contribution in [0.3, 0.4) is 0 Å². The van der Waals surface area contributed by atoms with E-state index in [0.717, 1.165) is 32.1 Å². The molecule has 2 N–H and O–H groups in total. The summed E-state index contributed by atoms with van der Waals surface area (Å²) in [5.41, 5.74) is 6.56. The van der Waals surface area contributed by atoms with Gasteiger partial charge in [-0.1, -0.05) is 13.8 Å². The van der Waals surface area contributed by atoms with Crippen LogP contribution in [0.4, 0.5) is 0 Å². The molecule has 1 aliphatic heterocycles. The Hall–Kier alpha value is -0.170. The highest BCUT2D eigenvalue weighted by Gasteiger charge is 2.37. The summed E-state index contributed by atoms with van der Waals surface area (Å²) < 4.78 is 25.1. The van der Waals surface area contributed by atoms with Crippen LogP contribution in [-0.2, 0) is 10.0 Å². The zero-order valence-corrected chi connectivity index (χ0v) is 15.1. The Labute approximate surface area is 130 Å². The average Bonchev–Trinajstić information content (AvgIpc) is 2.39. The molecule has 0 amide bonds. The van der Waals surface area contributed by atoms with E-state index in [4.69, 9.17) is 5.73 Å². The molecule has 5 nitrogen and oxygen atoms in total. The number of hydrogen-bond donors (Lipinski definition) is 1. The van der Waals surface area contributed by atoms with Gasteiger partial charge in [-0.25, -0.2) is 12.7 Å². The third kappa shape index (κ3) is 4.41. The zero-order valence-electron chi connectivity index (χ0n) is 14.3. The van der Waals surface area contributed by atoms with Crippen LogP contribution in [0.1, 0.15) is 46.0 Å². The number of nitrogens with zero attached hydrogens (tertiary/aromatic N) is 2. The first-order valence-corrected chi connectivity index (χ1v) is 9.90. The molecule has 0 bridgehead atoms. The molecule has 0 aromatic heterocycles. The molecule has 1 heterocycles. The molecule has 2 atom stereocenters. The Morgan fingerprint density at radius 2 is 1.90 bits per heavy atom. The summed E-state index contributed by atoms with van der Waals surface area (Å²) in [6, 6.07) is 0.0759. The molecule has 1 rings (SSSR count). The lowest BCUT2D eigenvalue weighted by Crippen LogP contribution is -2.58. The maximum Gasteiger partial charge on any atom is 0.211 e. The smallest absolute Gasteiger partial charge is 0.211 e. The summed E-state index contributed by atoms with van der Waals surface area (Å²) in [6.07, 6.45) is 6.25. The second kappa shape index (κ2) is 7.40. The van der Waals surface area contributed by atoms with Crippen molar-refractivity contribution in [2.24, 2.45) is 11.7 Å². The molecule has 1 saturated heterocycles. The molecule has 0 radical (unpaired) electrons. The SMILES string of the molecule is CCC(CC)(C(N)CC1CCCN(S(C)(=O)=O)C1)N(C)C. The van der Waals surface area contributed by atoms with E-state index in [1.807, 2.05) is 0 Å². The van der Waals surface area contributed by atoms with Gasteiger partial charge in [0.25, 0.3) is 0 Å². The van der Waals surface area contributed by atoms with Crippen LogP contribution in [0.15, 0.2) is 0 Å². The minimum Gasteiger partial charge on any atom is -0.326 e. The standard InChI is InChI=1S/C15H33N3O2S/c1-6-15(7-2,17(3)4)14(16)11-13-9-8-10-18(12-13)21(5,19)20/h13-14H,6-12,16H2,1-5H3. The Bertz CT molecular complexity index is 419. The number of rotatable bonds is 7. The van der Waals surface area contributed by atoms with Crippen molar-refractivity contribution in [3.63, 3.8) is 0 Å². The van der Waals surface area contributed by atoms with Crippen molar-refractivity contribution in [1.29, 1.82) is 0 Å². The fourth-order valence-electron chi connectivity index (χ4n) is 3.84. The van der Waals surface area contributed by atoms with Gasteiger partial charge < -0.3 is 10.6 Å². The summed E-state index contributed by atoms with van der Waals surface area (Å²) in [5.74, 6) is 0.376. The highest BCUT2D eigenvalue weighted by atomic mass is 32.2. The topological polar surface area (TPSA) is 66.6 Å². The summed E-state index contributed by atoms with van der Waals surface area (Å²) in [6.45, 7) is 5.66. The van der Waals surface area contributed by atoms with Crippen LogP contribution < -0.4 is 5.73 Å². The minimum absolute atomic E-state index is 0.00731. The zero-order chi connectivity index (χ0) is 16.3. The van der Waals surface area contributed by atoms with Crippen LogP contribution in [0, 0.1) is 5.92 Å². The molecule has 0 aromatic rings. The predicted molar refractivity (Wildman–Crippen MR) is 88.7 cm³/mol. The first kappa shape index (κ1) is 18.9. The third-order valence-corrected chi connectivity index (χ3v) is 6.61. The van der Waals surface area contributed by atoms with Crippen LogP contribution in [-0.4, -0.2) is 62.6 Å². The van der Waals surface area contributed by atoms with Gasteiger partial charge in [-0.05, 0) is 52.1 Å². The van der Waals surface area contributed by atoms with Gasteiger partial charge in [-0.2, -0.15) is 0 Å². The number of likely N-dealkylation sites (N-methyl/N-ethyl adjacent to an activating group) is 1. The fourth-order valence-corrected chi connectivity index (χ4v) is 4.78. The van der Waals surface area contributed by atoms with E-state index in [9.17, 15) is 8.42 Å². The van der Waals surface area contributed by atoms with Crippen molar-refractivity contribution in [3.05, 3.63) is 0 Å². The molecule has 0 spiro atoms. The summed E-state index contributed by atoms with van der Waals surface area (Å²) in [7, 11) is 1.11. The Kier molecular flexibility index (Phi) is 6.65. The van der Waals surface area contributed by atoms with Crippen molar-refractivity contribution in [1.82, 2.24) is 9.21 Å². The van der Waals surface area contributed by atoms with Crippen molar-refractivity contribution in [3.8, 4) is 0 Å². The number of hydrogen-bond acceptors (Lipinski definition) is 4. The van der Waals surface area contributed by atoms with Crippen LogP contribution in [0.5, 0.6) is 0 Å². The molecule has 6 heteroatoms. The molecule has 0 aliphatic carbocycles. The van der Waals surface area contributed by atoms with Crippen molar-refractivity contribution < 1.29 is 8.42 Å². The fraction of sp³-hybridized carbons (Fsp3) is 1.00. The van der Waals surface area contributed by atoms with Gasteiger partial charge in [-0.3, -0.25) is 0 Å². The molecule has 2 unspecified atom stereocenters. The van der Waals surface area contributed by atoms with Gasteiger partial charge in [-0.15, -0.1) is 0 Å². The average molecular weight is 320 g/mol. The molecule has 0 aromatic carbocycles. The van der Waals surface area contributed by atoms with E-state index in [1.165, 1.54) is 6.26 Å². The van der Waals surface area contributed by atoms with E-state index >= 15 is 0 Å². The Morgan fingerprint density at radius 3 is 2.33 bits per heavy atom. The normalized spacial score (nSPS) is 23.5. The van der Waals surface area contributed by atoms with Crippen molar-refractivity contribution in [2.75, 3.05) is 33.4 Å². The maximum absolute atomic E-state index is 11.7. The molecular weight excluding hydrogens is 286 g/mol. The van der Waals surface area contributed by atoms with E-state index in [0.29, 0.717) is 19.0 Å². The van der Waals surface area contributed by atoms with Gasteiger partial charge in [0.05, 0.1) is 6.26 Å². The molecular formula is C15H33N3O2S. The lowest BCUT2D eigenvalue weighted by Gasteiger charge is -2.45. The third-order valence-electron chi connectivity index (χ3n) is 5.34. The molecule has 1 fully saturated rings. The highest BCUT2D eigenvalue weighted by Crippen LogP contribution is 2.31. The monoisotopic (exact) mass is 319 g/mol. The molecule has 1 aliphatic rings. The van der Waals surface area contributed by atoms with E-state index in [-0.39, 0.29) is 11.6 Å². The van der Waals surface area contributed by atoms with Gasteiger partial charge in [0, 0.05) is 24.7 Å². The van der Waals surface area contributed by atoms with Crippen molar-refractivity contribution in [2.45, 2.75) is 57.5 Å². The van der Waals surface area contributed by atoms with E-state index in [2.05, 4.69) is 32.8 Å². The first-order valence-electron chi connectivity index (χ1n) is 8.05. The second-order valence-electron chi connectivity index (χ2n) is 6.68. The quantitative estimate of drug-likeness (QED) is 0.772. The van der Waals surface area contributed by atoms with Gasteiger partial charge in [0.1, 0.15) is 0 Å². The Balaban J connectivity index is 2.75. The Morgan fingerprint density at radius 1 is 1.33 bits per heavy atom. The number of piperidine rings is 1. The largest absolute Gasteiger partial charge is 0.326 e.